The Morgan fingerprint density at radius 1 is 0.620 bits per heavy atom. The number of esters is 3. The average Bonchev–Trinajstić information content (AvgIpc) is 3.15. The number of hydrogen-bond donors (Lipinski definition) is 1. The van der Waals surface area contributed by atoms with Crippen LogP contribution in [0.2, 0.25) is 0 Å². The second-order valence-corrected chi connectivity index (χ2v) is 11.1. The number of nitrogens with zero attached hydrogens (tertiary/aromatic N) is 3. The summed E-state index contributed by atoms with van der Waals surface area (Å²) in [4.78, 5) is 78.8. The number of carbonyl (C=O) groups excluding carboxylic acids is 3. The maximum absolute atomic E-state index is 13.7. The summed E-state index contributed by atoms with van der Waals surface area (Å²) in [6.07, 6.45) is -1.64. The van der Waals surface area contributed by atoms with E-state index >= 15 is 0 Å². The summed E-state index contributed by atoms with van der Waals surface area (Å²) < 4.78 is 18.2. The molecule has 1 N–H and O–H groups in total. The fourth-order valence-corrected chi connectivity index (χ4v) is 5.06. The van der Waals surface area contributed by atoms with Crippen molar-refractivity contribution in [3.63, 3.8) is 0 Å². The Labute approximate surface area is 284 Å². The van der Waals surface area contributed by atoms with Gasteiger partial charge < -0.3 is 19.3 Å². The van der Waals surface area contributed by atoms with E-state index in [9.17, 15) is 33.9 Å². The van der Waals surface area contributed by atoms with Gasteiger partial charge in [0.2, 0.25) is 0 Å². The van der Waals surface area contributed by atoms with Crippen LogP contribution in [0.5, 0.6) is 0 Å². The summed E-state index contributed by atoms with van der Waals surface area (Å²) in [5.74, 6) is -2.29. The fourth-order valence-electron chi connectivity index (χ4n) is 5.06. The molecule has 0 aliphatic rings. The van der Waals surface area contributed by atoms with Crippen LogP contribution in [0.1, 0.15) is 31.1 Å². The first-order chi connectivity index (χ1) is 24.2. The molecule has 50 heavy (non-hydrogen) atoms. The highest BCUT2D eigenvalue weighted by Crippen LogP contribution is 2.16. The van der Waals surface area contributed by atoms with Crippen LogP contribution in [0.15, 0.2) is 130 Å². The minimum Gasteiger partial charge on any atom is -0.459 e. The molecule has 5 rings (SSSR count). The van der Waals surface area contributed by atoms with Crippen molar-refractivity contribution >= 4 is 28.7 Å². The Morgan fingerprint density at radius 3 is 1.78 bits per heavy atom. The van der Waals surface area contributed by atoms with Crippen molar-refractivity contribution in [2.45, 2.75) is 31.8 Å². The molecule has 0 saturated heterocycles. The maximum Gasteiger partial charge on any atom is 0.338 e. The second-order valence-electron chi connectivity index (χ2n) is 11.1. The fraction of sp³-hybridized carbons (Fsp3) is 0.189. The lowest BCUT2D eigenvalue weighted by Crippen LogP contribution is -2.56. The number of carbonyl (C=O) groups is 3. The Balaban J connectivity index is 1.38. The number of hydrogen-bond acceptors (Lipinski definition) is 10. The van der Waals surface area contributed by atoms with E-state index in [1.54, 1.807) is 54.6 Å². The summed E-state index contributed by atoms with van der Waals surface area (Å²) in [6, 6.07) is 28.3. The molecular weight excluding hydrogens is 646 g/mol. The van der Waals surface area contributed by atoms with Crippen LogP contribution in [0.3, 0.4) is 0 Å². The molecule has 2 unspecified atom stereocenters. The Morgan fingerprint density at radius 2 is 1.14 bits per heavy atom. The number of aliphatic hydroxyl groups is 1. The third-order valence-electron chi connectivity index (χ3n) is 7.56. The van der Waals surface area contributed by atoms with Crippen LogP contribution in [-0.4, -0.2) is 62.1 Å². The van der Waals surface area contributed by atoms with Gasteiger partial charge >= 0.3 is 35.0 Å². The molecule has 13 nitrogen and oxygen atoms in total. The summed E-state index contributed by atoms with van der Waals surface area (Å²) in [5, 5.41) is 12.5. The smallest absolute Gasteiger partial charge is 0.338 e. The van der Waals surface area contributed by atoms with Crippen LogP contribution in [-0.2, 0) is 33.8 Å². The highest BCUT2D eigenvalue weighted by Gasteiger charge is 2.25. The van der Waals surface area contributed by atoms with Crippen LogP contribution in [0.4, 0.5) is 0 Å². The van der Waals surface area contributed by atoms with E-state index in [0.717, 1.165) is 10.8 Å². The van der Waals surface area contributed by atoms with Crippen molar-refractivity contribution in [2.24, 2.45) is 0 Å². The molecule has 4 aromatic carbocycles. The molecule has 5 aromatic rings. The predicted octanol–water partition coefficient (Wildman–Crippen LogP) is 2.81. The first kappa shape index (κ1) is 35.0. The third-order valence-corrected chi connectivity index (χ3v) is 7.56. The van der Waals surface area contributed by atoms with Crippen molar-refractivity contribution < 1.29 is 33.7 Å². The topological polar surface area (TPSA) is 165 Å². The number of fused-ring (bicyclic) bond motifs is 1. The Kier molecular flexibility index (Phi) is 11.3. The average molecular weight is 680 g/mol. The van der Waals surface area contributed by atoms with Gasteiger partial charge in [0.25, 0.3) is 0 Å². The van der Waals surface area contributed by atoms with Crippen LogP contribution in [0.25, 0.3) is 10.8 Å². The number of aliphatic hydroxyl groups excluding tert-OH is 1. The molecule has 256 valence electrons. The number of benzene rings is 4. The lowest BCUT2D eigenvalue weighted by atomic mass is 10.1. The first-order valence-electron chi connectivity index (χ1n) is 15.5. The molecule has 0 saturated carbocycles. The van der Waals surface area contributed by atoms with E-state index in [1.807, 2.05) is 24.3 Å². The van der Waals surface area contributed by atoms with Gasteiger partial charge in [0, 0.05) is 0 Å². The van der Waals surface area contributed by atoms with E-state index in [-0.39, 0.29) is 23.2 Å². The molecule has 0 aliphatic carbocycles. The number of allylic oxidation sites excluding steroid dienone is 1. The monoisotopic (exact) mass is 679 g/mol. The largest absolute Gasteiger partial charge is 0.459 e. The van der Waals surface area contributed by atoms with Crippen molar-refractivity contribution in [1.82, 2.24) is 13.7 Å². The van der Waals surface area contributed by atoms with Gasteiger partial charge in [-0.25, -0.2) is 42.5 Å². The lowest BCUT2D eigenvalue weighted by Gasteiger charge is -2.21. The standard InChI is InChI=1S/C37H33N3O10/c1-2-19-38-35(45)39(21-30(41)23-48-33(43)29-18-17-25-11-9-10-16-28(25)20-29)37(47)40(36(38)46)22-31(50-34(44)27-14-7-4-8-15-27)24-49-32(42)26-12-5-3-6-13-26/h2-18,20,30-31,41H,1,19,21-24H2. The molecule has 0 spiro atoms. The molecule has 0 aliphatic heterocycles. The second kappa shape index (κ2) is 16.2. The normalized spacial score (nSPS) is 12.1. The predicted molar refractivity (Wildman–Crippen MR) is 182 cm³/mol. The van der Waals surface area contributed by atoms with Crippen LogP contribution in [0, 0.1) is 0 Å². The van der Waals surface area contributed by atoms with E-state index in [1.165, 1.54) is 30.3 Å². The first-order valence-corrected chi connectivity index (χ1v) is 15.5. The van der Waals surface area contributed by atoms with Gasteiger partial charge in [0.15, 0.2) is 6.10 Å². The van der Waals surface area contributed by atoms with Gasteiger partial charge in [-0.2, -0.15) is 0 Å². The van der Waals surface area contributed by atoms with Gasteiger partial charge in [0.1, 0.15) is 19.3 Å². The number of aromatic nitrogens is 3. The van der Waals surface area contributed by atoms with Gasteiger partial charge in [-0.05, 0) is 47.2 Å². The van der Waals surface area contributed by atoms with Crippen molar-refractivity contribution in [2.75, 3.05) is 13.2 Å². The SMILES string of the molecule is C=CCn1c(=O)n(CC(O)COC(=O)c2ccc3ccccc3c2)c(=O)n(CC(COC(=O)c2ccccc2)OC(=O)c2ccccc2)c1=O. The third kappa shape index (κ3) is 8.38. The van der Waals surface area contributed by atoms with Gasteiger partial charge in [-0.3, -0.25) is 0 Å². The van der Waals surface area contributed by atoms with Crippen molar-refractivity contribution in [3.8, 4) is 0 Å². The summed E-state index contributed by atoms with van der Waals surface area (Å²) in [7, 11) is 0. The molecule has 0 bridgehead atoms. The molecule has 2 atom stereocenters. The van der Waals surface area contributed by atoms with E-state index in [0.29, 0.717) is 13.7 Å². The number of ether oxygens (including phenoxy) is 3. The van der Waals surface area contributed by atoms with Crippen LogP contribution >= 0.6 is 0 Å². The highest BCUT2D eigenvalue weighted by molar-refractivity contribution is 5.95. The van der Waals surface area contributed by atoms with Crippen molar-refractivity contribution in [3.05, 3.63) is 164 Å². The zero-order valence-electron chi connectivity index (χ0n) is 26.8. The quantitative estimate of drug-likeness (QED) is 0.105. The van der Waals surface area contributed by atoms with E-state index in [2.05, 4.69) is 6.58 Å². The van der Waals surface area contributed by atoms with E-state index < -0.39 is 73.5 Å². The van der Waals surface area contributed by atoms with Gasteiger partial charge in [-0.15, -0.1) is 6.58 Å². The van der Waals surface area contributed by atoms with Gasteiger partial charge in [0.05, 0.1) is 36.3 Å². The zero-order valence-corrected chi connectivity index (χ0v) is 26.8. The van der Waals surface area contributed by atoms with Crippen LogP contribution < -0.4 is 17.1 Å². The molecule has 0 amide bonds. The zero-order chi connectivity index (χ0) is 35.6. The summed E-state index contributed by atoms with van der Waals surface area (Å²) in [5.41, 5.74) is -2.63. The molecule has 0 radical (unpaired) electrons. The number of rotatable bonds is 14. The minimum atomic E-state index is -1.54. The van der Waals surface area contributed by atoms with Crippen molar-refractivity contribution in [1.29, 1.82) is 0 Å². The lowest BCUT2D eigenvalue weighted by molar-refractivity contribution is -0.00633. The minimum absolute atomic E-state index is 0.162. The summed E-state index contributed by atoms with van der Waals surface area (Å²) in [6.45, 7) is 0.851. The molecule has 0 fully saturated rings. The molecule has 1 heterocycles. The maximum atomic E-state index is 13.7. The highest BCUT2D eigenvalue weighted by atomic mass is 16.6. The summed E-state index contributed by atoms with van der Waals surface area (Å²) >= 11 is 0. The van der Waals surface area contributed by atoms with Gasteiger partial charge in [-0.1, -0.05) is 72.8 Å². The Bertz CT molecular complexity index is 2190. The molecular formula is C37H33N3O10. The van der Waals surface area contributed by atoms with E-state index in [4.69, 9.17) is 14.2 Å². The molecule has 1 aromatic heterocycles. The Hall–Kier alpha value is -6.34. The molecule has 13 heteroatoms.